The van der Waals surface area contributed by atoms with Crippen LogP contribution in [0.3, 0.4) is 0 Å². The van der Waals surface area contributed by atoms with Crippen LogP contribution in [-0.2, 0) is 17.6 Å². The summed E-state index contributed by atoms with van der Waals surface area (Å²) in [4.78, 5) is 23.4. The number of nitrogens with zero attached hydrogens (tertiary/aromatic N) is 3. The Labute approximate surface area is 213 Å². The van der Waals surface area contributed by atoms with E-state index < -0.39 is 5.60 Å². The van der Waals surface area contributed by atoms with E-state index >= 15 is 0 Å². The topological polar surface area (TPSA) is 87.6 Å². The molecule has 7 heteroatoms. The van der Waals surface area contributed by atoms with Gasteiger partial charge >= 0.3 is 6.09 Å². The van der Waals surface area contributed by atoms with Crippen molar-refractivity contribution in [1.82, 2.24) is 14.9 Å². The van der Waals surface area contributed by atoms with Crippen molar-refractivity contribution in [2.45, 2.75) is 64.5 Å². The maximum atomic E-state index is 12.3. The lowest BCUT2D eigenvalue weighted by Crippen LogP contribution is -2.44. The predicted molar refractivity (Wildman–Crippen MR) is 142 cm³/mol. The molecular weight excluding hydrogens is 452 g/mol. The molecule has 0 radical (unpaired) electrons. The number of aromatic nitrogens is 2. The van der Waals surface area contributed by atoms with Gasteiger partial charge < -0.3 is 20.1 Å². The number of anilines is 1. The van der Waals surface area contributed by atoms with Gasteiger partial charge in [-0.25, -0.2) is 14.8 Å². The summed E-state index contributed by atoms with van der Waals surface area (Å²) in [5.41, 5.74) is 3.73. The largest absolute Gasteiger partial charge is 0.508 e. The summed E-state index contributed by atoms with van der Waals surface area (Å²) in [5, 5.41) is 13.1. The molecule has 1 saturated heterocycles. The van der Waals surface area contributed by atoms with E-state index in [1.165, 1.54) is 5.56 Å². The molecule has 0 unspecified atom stereocenters. The van der Waals surface area contributed by atoms with Crippen LogP contribution in [-0.4, -0.2) is 50.8 Å². The van der Waals surface area contributed by atoms with E-state index in [0.717, 1.165) is 54.9 Å². The summed E-state index contributed by atoms with van der Waals surface area (Å²) in [6, 6.07) is 17.9. The Balaban J connectivity index is 1.31. The highest BCUT2D eigenvalue weighted by Gasteiger charge is 2.26. The van der Waals surface area contributed by atoms with E-state index in [2.05, 4.69) is 28.5 Å². The molecule has 1 aliphatic rings. The molecule has 0 bridgehead atoms. The maximum absolute atomic E-state index is 12.3. The highest BCUT2D eigenvalue weighted by molar-refractivity contribution is 5.68. The van der Waals surface area contributed by atoms with Crippen molar-refractivity contribution < 1.29 is 14.6 Å². The number of aryl methyl sites for hydroxylation is 2. The summed E-state index contributed by atoms with van der Waals surface area (Å²) in [6.07, 6.45) is 6.00. The van der Waals surface area contributed by atoms with Crippen LogP contribution in [0.15, 0.2) is 60.8 Å². The Morgan fingerprint density at radius 2 is 1.83 bits per heavy atom. The summed E-state index contributed by atoms with van der Waals surface area (Å²) in [7, 11) is 0. The van der Waals surface area contributed by atoms with Crippen LogP contribution in [0, 0.1) is 0 Å². The van der Waals surface area contributed by atoms with Crippen LogP contribution in [0.4, 0.5) is 10.5 Å². The molecule has 0 aliphatic carbocycles. The number of hydrogen-bond acceptors (Lipinski definition) is 6. The van der Waals surface area contributed by atoms with Crippen molar-refractivity contribution in [2.24, 2.45) is 0 Å². The second-order valence-corrected chi connectivity index (χ2v) is 10.3. The summed E-state index contributed by atoms with van der Waals surface area (Å²) in [5.74, 6) is 1.12. The third-order valence-corrected chi connectivity index (χ3v) is 6.18. The van der Waals surface area contributed by atoms with E-state index in [0.29, 0.717) is 19.1 Å². The number of carbonyl (C=O) groups excluding carboxylic acids is 1. The van der Waals surface area contributed by atoms with Gasteiger partial charge in [-0.3, -0.25) is 0 Å². The van der Waals surface area contributed by atoms with Crippen molar-refractivity contribution in [3.05, 3.63) is 72.2 Å². The number of phenolic OH excluding ortho intramolecular Hbond substituents is 1. The molecule has 1 aliphatic heterocycles. The molecule has 1 fully saturated rings. The van der Waals surface area contributed by atoms with Crippen molar-refractivity contribution >= 4 is 11.8 Å². The molecule has 2 aromatic carbocycles. The summed E-state index contributed by atoms with van der Waals surface area (Å²) < 4.78 is 5.50. The monoisotopic (exact) mass is 488 g/mol. The van der Waals surface area contributed by atoms with Crippen LogP contribution < -0.4 is 5.32 Å². The fourth-order valence-electron chi connectivity index (χ4n) is 4.33. The number of rotatable bonds is 7. The molecule has 0 atom stereocenters. The zero-order chi connectivity index (χ0) is 25.5. The van der Waals surface area contributed by atoms with E-state index in [-0.39, 0.29) is 11.8 Å². The molecule has 4 rings (SSSR count). The van der Waals surface area contributed by atoms with E-state index in [1.54, 1.807) is 17.0 Å². The predicted octanol–water partition coefficient (Wildman–Crippen LogP) is 5.84. The van der Waals surface area contributed by atoms with Gasteiger partial charge in [0.2, 0.25) is 0 Å². The van der Waals surface area contributed by atoms with Gasteiger partial charge in [-0.15, -0.1) is 0 Å². The first-order valence-electron chi connectivity index (χ1n) is 12.7. The number of hydrogen-bond donors (Lipinski definition) is 2. The average molecular weight is 489 g/mol. The third kappa shape index (κ3) is 7.44. The lowest BCUT2D eigenvalue weighted by molar-refractivity contribution is 0.0210. The number of nitrogens with one attached hydrogen (secondary N) is 1. The van der Waals surface area contributed by atoms with Gasteiger partial charge in [0, 0.05) is 43.0 Å². The third-order valence-electron chi connectivity index (χ3n) is 6.18. The van der Waals surface area contributed by atoms with Gasteiger partial charge in [0.1, 0.15) is 17.2 Å². The van der Waals surface area contributed by atoms with Gasteiger partial charge in [0.25, 0.3) is 0 Å². The molecule has 7 nitrogen and oxygen atoms in total. The smallest absolute Gasteiger partial charge is 0.410 e. The van der Waals surface area contributed by atoms with E-state index in [4.69, 9.17) is 9.72 Å². The van der Waals surface area contributed by atoms with Crippen molar-refractivity contribution in [3.8, 4) is 17.0 Å². The number of amides is 1. The molecule has 0 spiro atoms. The Morgan fingerprint density at radius 3 is 2.56 bits per heavy atom. The number of phenols is 1. The molecule has 0 saturated carbocycles. The zero-order valence-electron chi connectivity index (χ0n) is 21.4. The first-order chi connectivity index (χ1) is 17.2. The second-order valence-electron chi connectivity index (χ2n) is 10.3. The van der Waals surface area contributed by atoms with Gasteiger partial charge in [0.05, 0.1) is 5.69 Å². The number of ether oxygens (including phenoxy) is 1. The van der Waals surface area contributed by atoms with Crippen molar-refractivity contribution in [3.63, 3.8) is 0 Å². The van der Waals surface area contributed by atoms with E-state index in [1.807, 2.05) is 51.2 Å². The number of carbonyl (C=O) groups is 1. The lowest BCUT2D eigenvalue weighted by Gasteiger charge is -2.34. The van der Waals surface area contributed by atoms with Crippen LogP contribution in [0.2, 0.25) is 0 Å². The number of piperidine rings is 1. The number of likely N-dealkylation sites (tertiary alicyclic amines) is 1. The van der Waals surface area contributed by atoms with Crippen LogP contribution in [0.5, 0.6) is 5.75 Å². The number of aromatic hydroxyl groups is 1. The minimum atomic E-state index is -0.472. The molecular formula is C29H36N4O3. The highest BCUT2D eigenvalue weighted by atomic mass is 16.6. The Hall–Kier alpha value is -3.61. The Bertz CT molecular complexity index is 1150. The molecule has 3 aromatic rings. The van der Waals surface area contributed by atoms with Gasteiger partial charge in [-0.2, -0.15) is 0 Å². The van der Waals surface area contributed by atoms with Crippen molar-refractivity contribution in [1.29, 1.82) is 0 Å². The molecule has 2 N–H and O–H groups in total. The van der Waals surface area contributed by atoms with Crippen LogP contribution >= 0.6 is 0 Å². The quantitative estimate of drug-likeness (QED) is 0.435. The van der Waals surface area contributed by atoms with Crippen LogP contribution in [0.1, 0.15) is 51.4 Å². The fourth-order valence-corrected chi connectivity index (χ4v) is 4.33. The number of benzene rings is 2. The van der Waals surface area contributed by atoms with E-state index in [9.17, 15) is 9.90 Å². The molecule has 1 aromatic heterocycles. The molecule has 1 amide bonds. The SMILES string of the molecule is CC(C)(C)OC(=O)N1CCC(Nc2cccc(-c3ccnc(CCCc4ccc(O)cc4)n3)c2)CC1. The average Bonchev–Trinajstić information content (AvgIpc) is 2.85. The zero-order valence-corrected chi connectivity index (χ0v) is 21.4. The highest BCUT2D eigenvalue weighted by Crippen LogP contribution is 2.24. The fraction of sp³-hybridized carbons (Fsp3) is 0.414. The van der Waals surface area contributed by atoms with Gasteiger partial charge in [0.15, 0.2) is 0 Å². The standard InChI is InChI=1S/C29H36N4O3/c1-29(2,3)36-28(35)33-18-15-23(16-19-33)31-24-8-5-7-22(20-24)26-14-17-30-27(32-26)9-4-6-21-10-12-25(34)13-11-21/h5,7-8,10-14,17,20,23,31,34H,4,6,9,15-16,18-19H2,1-3H3. The maximum Gasteiger partial charge on any atom is 0.410 e. The Kier molecular flexibility index (Phi) is 8.08. The molecule has 2 heterocycles. The minimum absolute atomic E-state index is 0.231. The minimum Gasteiger partial charge on any atom is -0.508 e. The molecule has 190 valence electrons. The lowest BCUT2D eigenvalue weighted by atomic mass is 10.0. The van der Waals surface area contributed by atoms with Crippen molar-refractivity contribution in [2.75, 3.05) is 18.4 Å². The van der Waals surface area contributed by atoms with Gasteiger partial charge in [-0.1, -0.05) is 24.3 Å². The first-order valence-corrected chi connectivity index (χ1v) is 12.7. The van der Waals surface area contributed by atoms with Crippen LogP contribution in [0.25, 0.3) is 11.3 Å². The normalized spacial score (nSPS) is 14.5. The molecule has 36 heavy (non-hydrogen) atoms. The van der Waals surface area contributed by atoms with Gasteiger partial charge in [-0.05, 0) is 82.3 Å². The second kappa shape index (κ2) is 11.4. The Morgan fingerprint density at radius 1 is 1.08 bits per heavy atom. The summed E-state index contributed by atoms with van der Waals surface area (Å²) >= 11 is 0. The summed E-state index contributed by atoms with van der Waals surface area (Å²) in [6.45, 7) is 7.05. The first kappa shape index (κ1) is 25.5.